The van der Waals surface area contributed by atoms with E-state index in [4.69, 9.17) is 4.74 Å². The molecule has 0 saturated carbocycles. The Labute approximate surface area is 122 Å². The summed E-state index contributed by atoms with van der Waals surface area (Å²) < 4.78 is 5.79. The van der Waals surface area contributed by atoms with Gasteiger partial charge in [0, 0.05) is 24.8 Å². The van der Waals surface area contributed by atoms with Crippen LogP contribution >= 0.6 is 0 Å². The van der Waals surface area contributed by atoms with E-state index in [0.29, 0.717) is 23.9 Å². The van der Waals surface area contributed by atoms with Crippen LogP contribution in [0.25, 0.3) is 0 Å². The standard InChI is InChI=1S/C16H27N3O/c1-11(2)20-16-14(7-6-8-17-16)18-15-9-13(4)19(5)10-12(15)3/h6-8,11-13,15,18H,9-10H2,1-5H3. The van der Waals surface area contributed by atoms with Crippen LogP contribution in [0.5, 0.6) is 5.88 Å². The van der Waals surface area contributed by atoms with Gasteiger partial charge in [0.25, 0.3) is 0 Å². The minimum atomic E-state index is 0.138. The molecule has 4 nitrogen and oxygen atoms in total. The number of piperidine rings is 1. The van der Waals surface area contributed by atoms with Gasteiger partial charge in [-0.25, -0.2) is 4.98 Å². The Morgan fingerprint density at radius 1 is 1.40 bits per heavy atom. The van der Waals surface area contributed by atoms with Crippen molar-refractivity contribution in [3.63, 3.8) is 0 Å². The quantitative estimate of drug-likeness (QED) is 0.918. The highest BCUT2D eigenvalue weighted by Gasteiger charge is 2.29. The fourth-order valence-corrected chi connectivity index (χ4v) is 2.76. The van der Waals surface area contributed by atoms with Gasteiger partial charge in [0.1, 0.15) is 0 Å². The minimum Gasteiger partial charge on any atom is -0.473 e. The number of likely N-dealkylation sites (tertiary alicyclic amines) is 1. The monoisotopic (exact) mass is 277 g/mol. The van der Waals surface area contributed by atoms with Gasteiger partial charge >= 0.3 is 0 Å². The lowest BCUT2D eigenvalue weighted by atomic mass is 9.89. The molecule has 3 unspecified atom stereocenters. The number of nitrogens with one attached hydrogen (secondary N) is 1. The third-order valence-electron chi connectivity index (χ3n) is 4.07. The first-order valence-corrected chi connectivity index (χ1v) is 7.55. The predicted molar refractivity (Wildman–Crippen MR) is 83.3 cm³/mol. The van der Waals surface area contributed by atoms with E-state index in [9.17, 15) is 0 Å². The van der Waals surface area contributed by atoms with Crippen LogP contribution in [-0.4, -0.2) is 41.7 Å². The number of aromatic nitrogens is 1. The molecule has 1 fully saturated rings. The average molecular weight is 277 g/mol. The normalized spacial score (nSPS) is 27.6. The first-order chi connectivity index (χ1) is 9.47. The largest absolute Gasteiger partial charge is 0.473 e. The number of pyridine rings is 1. The highest BCUT2D eigenvalue weighted by atomic mass is 16.5. The molecule has 4 heteroatoms. The molecule has 2 heterocycles. The lowest BCUT2D eigenvalue weighted by Crippen LogP contribution is -2.48. The molecule has 3 atom stereocenters. The molecule has 0 spiro atoms. The lowest BCUT2D eigenvalue weighted by Gasteiger charge is -2.40. The summed E-state index contributed by atoms with van der Waals surface area (Å²) in [6, 6.07) is 5.09. The molecule has 1 saturated heterocycles. The van der Waals surface area contributed by atoms with E-state index in [1.807, 2.05) is 19.9 Å². The molecule has 112 valence electrons. The molecule has 1 aliphatic heterocycles. The summed E-state index contributed by atoms with van der Waals surface area (Å²) in [5.41, 5.74) is 1.01. The Kier molecular flexibility index (Phi) is 4.86. The summed E-state index contributed by atoms with van der Waals surface area (Å²) >= 11 is 0. The molecule has 0 aromatic carbocycles. The van der Waals surface area contributed by atoms with Gasteiger partial charge in [-0.05, 0) is 52.3 Å². The van der Waals surface area contributed by atoms with Crippen LogP contribution in [0.3, 0.4) is 0 Å². The molecule has 0 radical (unpaired) electrons. The van der Waals surface area contributed by atoms with Crippen molar-refractivity contribution in [3.8, 4) is 5.88 Å². The molecule has 1 N–H and O–H groups in total. The summed E-state index contributed by atoms with van der Waals surface area (Å²) in [5.74, 6) is 1.32. The van der Waals surface area contributed by atoms with E-state index in [2.05, 4.69) is 42.2 Å². The predicted octanol–water partition coefficient (Wildman–Crippen LogP) is 3.01. The Morgan fingerprint density at radius 3 is 2.85 bits per heavy atom. The van der Waals surface area contributed by atoms with Crippen LogP contribution in [0.1, 0.15) is 34.1 Å². The first kappa shape index (κ1) is 15.1. The van der Waals surface area contributed by atoms with Crippen molar-refractivity contribution < 1.29 is 4.74 Å². The second-order valence-corrected chi connectivity index (χ2v) is 6.28. The van der Waals surface area contributed by atoms with Crippen LogP contribution in [0.2, 0.25) is 0 Å². The van der Waals surface area contributed by atoms with Crippen LogP contribution in [0.4, 0.5) is 5.69 Å². The van der Waals surface area contributed by atoms with Crippen molar-refractivity contribution in [1.29, 1.82) is 0 Å². The molecule has 1 aliphatic rings. The summed E-state index contributed by atoms with van der Waals surface area (Å²) in [5, 5.41) is 3.64. The van der Waals surface area contributed by atoms with E-state index in [0.717, 1.165) is 18.7 Å². The molecule has 1 aromatic heterocycles. The van der Waals surface area contributed by atoms with Crippen molar-refractivity contribution in [1.82, 2.24) is 9.88 Å². The molecule has 20 heavy (non-hydrogen) atoms. The SMILES string of the molecule is CC(C)Oc1ncccc1NC1CC(C)N(C)CC1C. The molecular formula is C16H27N3O. The van der Waals surface area contributed by atoms with Crippen LogP contribution < -0.4 is 10.1 Å². The van der Waals surface area contributed by atoms with Gasteiger partial charge in [0.2, 0.25) is 5.88 Å². The van der Waals surface area contributed by atoms with Gasteiger partial charge < -0.3 is 15.0 Å². The van der Waals surface area contributed by atoms with Gasteiger partial charge in [-0.1, -0.05) is 6.92 Å². The number of hydrogen-bond donors (Lipinski definition) is 1. The van der Waals surface area contributed by atoms with Crippen molar-refractivity contribution in [2.45, 2.75) is 52.3 Å². The zero-order chi connectivity index (χ0) is 14.7. The number of hydrogen-bond acceptors (Lipinski definition) is 4. The highest BCUT2D eigenvalue weighted by Crippen LogP contribution is 2.28. The minimum absolute atomic E-state index is 0.138. The van der Waals surface area contributed by atoms with E-state index >= 15 is 0 Å². The Bertz CT molecular complexity index is 435. The Morgan fingerprint density at radius 2 is 2.15 bits per heavy atom. The first-order valence-electron chi connectivity index (χ1n) is 7.55. The van der Waals surface area contributed by atoms with Gasteiger partial charge in [-0.2, -0.15) is 0 Å². The van der Waals surface area contributed by atoms with Crippen LogP contribution in [0.15, 0.2) is 18.3 Å². The molecular weight excluding hydrogens is 250 g/mol. The maximum Gasteiger partial charge on any atom is 0.237 e. The number of nitrogens with zero attached hydrogens (tertiary/aromatic N) is 2. The van der Waals surface area contributed by atoms with Gasteiger partial charge in [0.05, 0.1) is 11.8 Å². The zero-order valence-corrected chi connectivity index (χ0v) is 13.3. The van der Waals surface area contributed by atoms with Crippen molar-refractivity contribution >= 4 is 5.69 Å². The molecule has 2 rings (SSSR count). The van der Waals surface area contributed by atoms with Crippen LogP contribution in [0, 0.1) is 5.92 Å². The fourth-order valence-electron chi connectivity index (χ4n) is 2.76. The summed E-state index contributed by atoms with van der Waals surface area (Å²) in [6.07, 6.45) is 3.07. The second-order valence-electron chi connectivity index (χ2n) is 6.28. The summed E-state index contributed by atoms with van der Waals surface area (Å²) in [7, 11) is 2.20. The second kappa shape index (κ2) is 6.44. The summed E-state index contributed by atoms with van der Waals surface area (Å²) in [6.45, 7) is 9.77. The van der Waals surface area contributed by atoms with Gasteiger partial charge in [-0.15, -0.1) is 0 Å². The van der Waals surface area contributed by atoms with Gasteiger partial charge in [0.15, 0.2) is 0 Å². The zero-order valence-electron chi connectivity index (χ0n) is 13.3. The molecule has 0 bridgehead atoms. The topological polar surface area (TPSA) is 37.4 Å². The third-order valence-corrected chi connectivity index (χ3v) is 4.07. The number of rotatable bonds is 4. The van der Waals surface area contributed by atoms with E-state index < -0.39 is 0 Å². The summed E-state index contributed by atoms with van der Waals surface area (Å²) in [4.78, 5) is 6.78. The maximum absolute atomic E-state index is 5.79. The average Bonchev–Trinajstić information content (AvgIpc) is 2.37. The molecule has 1 aromatic rings. The fraction of sp³-hybridized carbons (Fsp3) is 0.688. The molecule has 0 aliphatic carbocycles. The van der Waals surface area contributed by atoms with Gasteiger partial charge in [-0.3, -0.25) is 0 Å². The number of anilines is 1. The maximum atomic E-state index is 5.79. The van der Waals surface area contributed by atoms with Crippen molar-refractivity contribution in [2.24, 2.45) is 5.92 Å². The van der Waals surface area contributed by atoms with E-state index in [1.54, 1.807) is 6.20 Å². The van der Waals surface area contributed by atoms with Crippen molar-refractivity contribution in [2.75, 3.05) is 18.9 Å². The Hall–Kier alpha value is -1.29. The van der Waals surface area contributed by atoms with E-state index in [-0.39, 0.29) is 6.10 Å². The lowest BCUT2D eigenvalue weighted by molar-refractivity contribution is 0.145. The third kappa shape index (κ3) is 3.63. The molecule has 0 amide bonds. The van der Waals surface area contributed by atoms with Crippen LogP contribution in [-0.2, 0) is 0 Å². The number of ether oxygens (including phenoxy) is 1. The smallest absolute Gasteiger partial charge is 0.237 e. The Balaban J connectivity index is 2.09. The van der Waals surface area contributed by atoms with Crippen molar-refractivity contribution in [3.05, 3.63) is 18.3 Å². The highest BCUT2D eigenvalue weighted by molar-refractivity contribution is 5.53. The van der Waals surface area contributed by atoms with E-state index in [1.165, 1.54) is 0 Å².